The molecule has 1 aliphatic carbocycles. The number of aromatic nitrogens is 2. The van der Waals surface area contributed by atoms with Gasteiger partial charge in [0.15, 0.2) is 11.6 Å². The summed E-state index contributed by atoms with van der Waals surface area (Å²) < 4.78 is 77.3. The third kappa shape index (κ3) is 8.03. The van der Waals surface area contributed by atoms with Gasteiger partial charge in [0.1, 0.15) is 11.6 Å². The molecule has 45 heavy (non-hydrogen) atoms. The molecular weight excluding hydrogens is 589 g/mol. The van der Waals surface area contributed by atoms with Crippen LogP contribution < -0.4 is 9.47 Å². The number of ether oxygens (including phenoxy) is 2. The predicted octanol–water partition coefficient (Wildman–Crippen LogP) is 9.41. The topological polar surface area (TPSA) is 39.5 Å². The Hall–Kier alpha value is -3.92. The van der Waals surface area contributed by atoms with Crippen LogP contribution in [0, 0.1) is 11.2 Å². The van der Waals surface area contributed by atoms with Crippen LogP contribution in [-0.2, 0) is 26.1 Å². The highest BCUT2D eigenvalue weighted by molar-refractivity contribution is 5.57. The molecule has 5 nitrogen and oxygen atoms in total. The Kier molecular flexibility index (Phi) is 10.1. The molecule has 10 heteroatoms. The Morgan fingerprint density at radius 2 is 1.58 bits per heavy atom. The maximum absolute atomic E-state index is 14.9. The maximum Gasteiger partial charge on any atom is 0.387 e. The van der Waals surface area contributed by atoms with Crippen LogP contribution in [0.5, 0.6) is 11.5 Å². The number of alkyl halides is 4. The van der Waals surface area contributed by atoms with E-state index in [1.165, 1.54) is 24.3 Å². The number of rotatable bonds is 13. The van der Waals surface area contributed by atoms with Gasteiger partial charge in [0.2, 0.25) is 0 Å². The summed E-state index contributed by atoms with van der Waals surface area (Å²) in [6.07, 6.45) is 3.54. The molecule has 0 saturated heterocycles. The van der Waals surface area contributed by atoms with Gasteiger partial charge in [-0.2, -0.15) is 17.6 Å². The van der Waals surface area contributed by atoms with Crippen LogP contribution in [0.15, 0.2) is 72.8 Å². The second kappa shape index (κ2) is 14.0. The van der Waals surface area contributed by atoms with E-state index >= 15 is 0 Å². The minimum absolute atomic E-state index is 0.0585. The first-order valence-electron chi connectivity index (χ1n) is 15.2. The van der Waals surface area contributed by atoms with E-state index in [-0.39, 0.29) is 17.2 Å². The van der Waals surface area contributed by atoms with Gasteiger partial charge in [0.05, 0.1) is 17.4 Å². The quantitative estimate of drug-likeness (QED) is 0.139. The number of hydrogen-bond acceptors (Lipinski definition) is 4. The smallest absolute Gasteiger partial charge is 0.387 e. The van der Waals surface area contributed by atoms with Gasteiger partial charge in [0, 0.05) is 25.2 Å². The van der Waals surface area contributed by atoms with E-state index in [0.29, 0.717) is 18.7 Å². The normalized spacial score (nSPS) is 15.9. The van der Waals surface area contributed by atoms with Gasteiger partial charge in [-0.25, -0.2) is 9.37 Å². The van der Waals surface area contributed by atoms with E-state index in [4.69, 9.17) is 4.98 Å². The number of imidazole rings is 1. The number of unbranched alkanes of at least 4 members (excludes halogenated alkanes) is 1. The Morgan fingerprint density at radius 1 is 0.911 bits per heavy atom. The third-order valence-corrected chi connectivity index (χ3v) is 8.13. The van der Waals surface area contributed by atoms with Crippen molar-refractivity contribution in [2.45, 2.75) is 85.4 Å². The van der Waals surface area contributed by atoms with Crippen molar-refractivity contribution < 1.29 is 31.4 Å². The SMILES string of the molecule is CCCCn1c(-c2ccccc2)nc2c1C(N(Cc1ccc(OC(F)F)cc1)Cc1ccc(OC(F)F)c(F)c1)CC(C)(C)C2. The molecule has 1 aliphatic rings. The molecule has 1 heterocycles. The summed E-state index contributed by atoms with van der Waals surface area (Å²) in [5, 5.41) is 0. The van der Waals surface area contributed by atoms with Crippen LogP contribution >= 0.6 is 0 Å². The van der Waals surface area contributed by atoms with Gasteiger partial charge in [-0.15, -0.1) is 0 Å². The Balaban J connectivity index is 1.59. The first-order valence-corrected chi connectivity index (χ1v) is 15.2. The summed E-state index contributed by atoms with van der Waals surface area (Å²) in [5.41, 5.74) is 4.48. The van der Waals surface area contributed by atoms with Crippen LogP contribution in [-0.4, -0.2) is 27.7 Å². The molecule has 1 atom stereocenters. The van der Waals surface area contributed by atoms with E-state index in [0.717, 1.165) is 60.6 Å². The highest BCUT2D eigenvalue weighted by atomic mass is 19.3. The van der Waals surface area contributed by atoms with Gasteiger partial charge in [-0.1, -0.05) is 75.7 Å². The molecule has 0 fully saturated rings. The molecule has 3 aromatic carbocycles. The second-order valence-electron chi connectivity index (χ2n) is 12.3. The zero-order valence-corrected chi connectivity index (χ0v) is 25.7. The number of halogens is 5. The summed E-state index contributed by atoms with van der Waals surface area (Å²) >= 11 is 0. The van der Waals surface area contributed by atoms with Crippen molar-refractivity contribution in [3.63, 3.8) is 0 Å². The first-order chi connectivity index (χ1) is 21.5. The highest BCUT2D eigenvalue weighted by Crippen LogP contribution is 2.46. The zero-order valence-electron chi connectivity index (χ0n) is 25.7. The van der Waals surface area contributed by atoms with E-state index in [1.54, 1.807) is 18.2 Å². The number of fused-ring (bicyclic) bond motifs is 1. The largest absolute Gasteiger partial charge is 0.435 e. The fraction of sp³-hybridized carbons (Fsp3) is 0.400. The maximum atomic E-state index is 14.9. The van der Waals surface area contributed by atoms with Gasteiger partial charge < -0.3 is 14.0 Å². The molecule has 0 N–H and O–H groups in total. The van der Waals surface area contributed by atoms with Crippen LogP contribution in [0.3, 0.4) is 0 Å². The van der Waals surface area contributed by atoms with Crippen LogP contribution in [0.2, 0.25) is 0 Å². The first kappa shape index (κ1) is 32.5. The van der Waals surface area contributed by atoms with E-state index in [1.807, 2.05) is 18.2 Å². The van der Waals surface area contributed by atoms with Crippen molar-refractivity contribution in [1.82, 2.24) is 14.5 Å². The molecule has 1 aromatic heterocycles. The van der Waals surface area contributed by atoms with Gasteiger partial charge >= 0.3 is 13.2 Å². The lowest BCUT2D eigenvalue weighted by molar-refractivity contribution is -0.0523. The average Bonchev–Trinajstić information content (AvgIpc) is 3.34. The van der Waals surface area contributed by atoms with Crippen molar-refractivity contribution in [1.29, 1.82) is 0 Å². The van der Waals surface area contributed by atoms with Crippen molar-refractivity contribution in [3.05, 3.63) is 101 Å². The molecule has 240 valence electrons. The standard InChI is InChI=1S/C35H38F5N3O2/c1-4-5-17-43-31-28(41-32(43)25-9-7-6-8-10-25)19-35(2,3)20-29(31)42(21-23-11-14-26(15-12-23)44-33(37)38)22-24-13-16-30(27(36)18-24)45-34(39)40/h6-16,18,29,33-34H,4-5,17,19-22H2,1-3H3. The van der Waals surface area contributed by atoms with Crippen molar-refractivity contribution in [3.8, 4) is 22.9 Å². The third-order valence-electron chi connectivity index (χ3n) is 8.13. The number of benzene rings is 3. The molecule has 0 bridgehead atoms. The predicted molar refractivity (Wildman–Crippen MR) is 163 cm³/mol. The molecule has 0 aliphatic heterocycles. The molecule has 0 radical (unpaired) electrons. The molecule has 0 amide bonds. The van der Waals surface area contributed by atoms with E-state index < -0.39 is 24.8 Å². The van der Waals surface area contributed by atoms with Crippen LogP contribution in [0.4, 0.5) is 22.0 Å². The summed E-state index contributed by atoms with van der Waals surface area (Å²) in [6, 6.07) is 20.5. The monoisotopic (exact) mass is 627 g/mol. The van der Waals surface area contributed by atoms with Gasteiger partial charge in [0.25, 0.3) is 0 Å². The zero-order chi connectivity index (χ0) is 32.1. The second-order valence-corrected chi connectivity index (χ2v) is 12.3. The summed E-state index contributed by atoms with van der Waals surface area (Å²) in [6.45, 7) is 1.99. The number of nitrogens with zero attached hydrogens (tertiary/aromatic N) is 3. The van der Waals surface area contributed by atoms with E-state index in [2.05, 4.69) is 51.8 Å². The summed E-state index contributed by atoms with van der Waals surface area (Å²) in [7, 11) is 0. The minimum Gasteiger partial charge on any atom is -0.435 e. The van der Waals surface area contributed by atoms with Crippen LogP contribution in [0.25, 0.3) is 11.4 Å². The van der Waals surface area contributed by atoms with Gasteiger partial charge in [-0.05, 0) is 60.1 Å². The van der Waals surface area contributed by atoms with Crippen LogP contribution in [0.1, 0.15) is 68.6 Å². The highest BCUT2D eigenvalue weighted by Gasteiger charge is 2.40. The van der Waals surface area contributed by atoms with Crippen molar-refractivity contribution >= 4 is 0 Å². The lowest BCUT2D eigenvalue weighted by Gasteiger charge is -2.41. The summed E-state index contributed by atoms with van der Waals surface area (Å²) in [5.74, 6) is -0.417. The Morgan fingerprint density at radius 3 is 2.22 bits per heavy atom. The lowest BCUT2D eigenvalue weighted by Crippen LogP contribution is -2.37. The molecule has 5 rings (SSSR count). The molecule has 0 spiro atoms. The minimum atomic E-state index is -3.14. The fourth-order valence-electron chi connectivity index (χ4n) is 6.17. The summed E-state index contributed by atoms with van der Waals surface area (Å²) in [4.78, 5) is 7.44. The van der Waals surface area contributed by atoms with Crippen molar-refractivity contribution in [2.24, 2.45) is 5.41 Å². The molecule has 4 aromatic rings. The number of hydrogen-bond donors (Lipinski definition) is 0. The average molecular weight is 628 g/mol. The Labute approximate surface area is 260 Å². The lowest BCUT2D eigenvalue weighted by atomic mass is 9.75. The van der Waals surface area contributed by atoms with Crippen molar-refractivity contribution in [2.75, 3.05) is 0 Å². The fourth-order valence-corrected chi connectivity index (χ4v) is 6.17. The van der Waals surface area contributed by atoms with Gasteiger partial charge in [-0.3, -0.25) is 4.90 Å². The Bertz CT molecular complexity index is 1560. The van der Waals surface area contributed by atoms with E-state index in [9.17, 15) is 22.0 Å². The molecule has 0 saturated carbocycles. The molecule has 1 unspecified atom stereocenters. The molecular formula is C35H38F5N3O2.